The molecule has 0 fully saturated rings. The number of hydrogen-bond acceptors (Lipinski definition) is 2. The molecule has 0 atom stereocenters. The summed E-state index contributed by atoms with van der Waals surface area (Å²) < 4.78 is 3.26. The van der Waals surface area contributed by atoms with E-state index in [1.54, 1.807) is 9.13 Å². The molecule has 0 saturated heterocycles. The third-order valence-corrected chi connectivity index (χ3v) is 3.49. The van der Waals surface area contributed by atoms with Crippen molar-refractivity contribution in [1.82, 2.24) is 9.13 Å². The summed E-state index contributed by atoms with van der Waals surface area (Å²) in [7, 11) is 0. The van der Waals surface area contributed by atoms with Crippen LogP contribution in [0.1, 0.15) is 12.5 Å². The molecule has 0 bridgehead atoms. The lowest BCUT2D eigenvalue weighted by atomic mass is 10.2. The van der Waals surface area contributed by atoms with Gasteiger partial charge in [0.2, 0.25) is 0 Å². The lowest BCUT2D eigenvalue weighted by Gasteiger charge is -2.03. The van der Waals surface area contributed by atoms with Crippen LogP contribution in [0.15, 0.2) is 59.4 Å². The Morgan fingerprint density at radius 2 is 1.48 bits per heavy atom. The number of imidazole rings is 1. The lowest BCUT2D eigenvalue weighted by Crippen LogP contribution is -2.26. The molecule has 0 radical (unpaired) electrons. The van der Waals surface area contributed by atoms with Crippen LogP contribution in [0.2, 0.25) is 0 Å². The van der Waals surface area contributed by atoms with Gasteiger partial charge < -0.3 is 0 Å². The average Bonchev–Trinajstić information content (AvgIpc) is 2.74. The highest BCUT2D eigenvalue weighted by atomic mass is 16.2. The van der Waals surface area contributed by atoms with Crippen LogP contribution >= 0.6 is 0 Å². The number of Topliss-reactive ketones (excluding diaryl/α,β-unsaturated/α-hetero) is 1. The van der Waals surface area contributed by atoms with Crippen molar-refractivity contribution in [2.45, 2.75) is 20.0 Å². The van der Waals surface area contributed by atoms with Crippen molar-refractivity contribution in [3.63, 3.8) is 0 Å². The standard InChI is InChI=1S/C17H16N2O2/c1-13(20)11-18-15-9-5-6-10-16(15)19(17(18)21)12-14-7-3-2-4-8-14/h2-10H,11-12H2,1H3. The number of benzene rings is 2. The summed E-state index contributed by atoms with van der Waals surface area (Å²) >= 11 is 0. The molecular formula is C17H16N2O2. The van der Waals surface area contributed by atoms with Crippen LogP contribution in [-0.4, -0.2) is 14.9 Å². The summed E-state index contributed by atoms with van der Waals surface area (Å²) in [6.07, 6.45) is 0. The molecular weight excluding hydrogens is 264 g/mol. The molecule has 0 aliphatic heterocycles. The Labute approximate surface area is 122 Å². The number of carbonyl (C=O) groups excluding carboxylic acids is 1. The SMILES string of the molecule is CC(=O)Cn1c(=O)n(Cc2ccccc2)c2ccccc21. The third kappa shape index (κ3) is 2.52. The maximum absolute atomic E-state index is 12.6. The van der Waals surface area contributed by atoms with E-state index in [1.807, 2.05) is 54.6 Å². The second-order valence-corrected chi connectivity index (χ2v) is 5.13. The van der Waals surface area contributed by atoms with Crippen LogP contribution in [0.3, 0.4) is 0 Å². The van der Waals surface area contributed by atoms with Gasteiger partial charge in [-0.15, -0.1) is 0 Å². The summed E-state index contributed by atoms with van der Waals surface area (Å²) in [6.45, 7) is 2.11. The molecule has 0 aliphatic carbocycles. The van der Waals surface area contributed by atoms with E-state index in [-0.39, 0.29) is 18.0 Å². The fourth-order valence-corrected chi connectivity index (χ4v) is 2.57. The van der Waals surface area contributed by atoms with Crippen LogP contribution < -0.4 is 5.69 Å². The zero-order chi connectivity index (χ0) is 14.8. The van der Waals surface area contributed by atoms with Crippen molar-refractivity contribution in [2.75, 3.05) is 0 Å². The normalized spacial score (nSPS) is 10.9. The van der Waals surface area contributed by atoms with E-state index in [4.69, 9.17) is 0 Å². The molecule has 0 amide bonds. The summed E-state index contributed by atoms with van der Waals surface area (Å²) in [5.74, 6) is -0.0280. The van der Waals surface area contributed by atoms with Gasteiger partial charge in [0.15, 0.2) is 0 Å². The Morgan fingerprint density at radius 3 is 2.10 bits per heavy atom. The van der Waals surface area contributed by atoms with Crippen molar-refractivity contribution in [3.05, 3.63) is 70.6 Å². The number of aromatic nitrogens is 2. The zero-order valence-corrected chi connectivity index (χ0v) is 11.8. The van der Waals surface area contributed by atoms with Crippen LogP contribution in [0, 0.1) is 0 Å². The predicted octanol–water partition coefficient (Wildman–Crippen LogP) is 2.44. The van der Waals surface area contributed by atoms with Gasteiger partial charge in [0.05, 0.1) is 24.1 Å². The van der Waals surface area contributed by atoms with E-state index < -0.39 is 0 Å². The van der Waals surface area contributed by atoms with Crippen molar-refractivity contribution in [2.24, 2.45) is 0 Å². The fourth-order valence-electron chi connectivity index (χ4n) is 2.57. The summed E-state index contributed by atoms with van der Waals surface area (Å²) in [6, 6.07) is 17.4. The van der Waals surface area contributed by atoms with E-state index in [1.165, 1.54) is 6.92 Å². The van der Waals surface area contributed by atoms with Gasteiger partial charge in [-0.2, -0.15) is 0 Å². The number of rotatable bonds is 4. The first-order chi connectivity index (χ1) is 10.2. The average molecular weight is 280 g/mol. The largest absolute Gasteiger partial charge is 0.329 e. The summed E-state index contributed by atoms with van der Waals surface area (Å²) in [4.78, 5) is 24.0. The van der Waals surface area contributed by atoms with Crippen LogP contribution in [0.5, 0.6) is 0 Å². The molecule has 0 unspecified atom stereocenters. The van der Waals surface area contributed by atoms with Gasteiger partial charge in [0, 0.05) is 0 Å². The van der Waals surface area contributed by atoms with Crippen LogP contribution in [-0.2, 0) is 17.9 Å². The second-order valence-electron chi connectivity index (χ2n) is 5.13. The molecule has 3 aromatic rings. The highest BCUT2D eigenvalue weighted by Crippen LogP contribution is 2.14. The van der Waals surface area contributed by atoms with Gasteiger partial charge in [-0.3, -0.25) is 13.9 Å². The maximum atomic E-state index is 12.6. The molecule has 4 heteroatoms. The first kappa shape index (κ1) is 13.4. The summed E-state index contributed by atoms with van der Waals surface area (Å²) in [5, 5.41) is 0. The molecule has 1 heterocycles. The zero-order valence-electron chi connectivity index (χ0n) is 11.8. The minimum atomic E-state index is -0.143. The lowest BCUT2D eigenvalue weighted by molar-refractivity contribution is -0.117. The van der Waals surface area contributed by atoms with E-state index in [2.05, 4.69) is 0 Å². The number of nitrogens with zero attached hydrogens (tertiary/aromatic N) is 2. The maximum Gasteiger partial charge on any atom is 0.329 e. The Bertz CT molecular complexity index is 844. The van der Waals surface area contributed by atoms with Gasteiger partial charge in [-0.25, -0.2) is 4.79 Å². The number of para-hydroxylation sites is 2. The molecule has 21 heavy (non-hydrogen) atoms. The third-order valence-electron chi connectivity index (χ3n) is 3.49. The van der Waals surface area contributed by atoms with Crippen molar-refractivity contribution in [1.29, 1.82) is 0 Å². The van der Waals surface area contributed by atoms with Crippen LogP contribution in [0.25, 0.3) is 11.0 Å². The molecule has 3 rings (SSSR count). The Morgan fingerprint density at radius 1 is 0.905 bits per heavy atom. The van der Waals surface area contributed by atoms with Gasteiger partial charge in [-0.05, 0) is 24.6 Å². The quantitative estimate of drug-likeness (QED) is 0.736. The molecule has 1 aromatic heterocycles. The number of hydrogen-bond donors (Lipinski definition) is 0. The first-order valence-electron chi connectivity index (χ1n) is 6.88. The van der Waals surface area contributed by atoms with Gasteiger partial charge in [0.25, 0.3) is 0 Å². The van der Waals surface area contributed by atoms with Gasteiger partial charge in [-0.1, -0.05) is 42.5 Å². The van der Waals surface area contributed by atoms with Gasteiger partial charge >= 0.3 is 5.69 Å². The Kier molecular flexibility index (Phi) is 3.44. The smallest absolute Gasteiger partial charge is 0.298 e. The first-order valence-corrected chi connectivity index (χ1v) is 6.88. The highest BCUT2D eigenvalue weighted by molar-refractivity contribution is 5.80. The molecule has 4 nitrogen and oxygen atoms in total. The van der Waals surface area contributed by atoms with Crippen molar-refractivity contribution >= 4 is 16.8 Å². The number of ketones is 1. The molecule has 0 saturated carbocycles. The van der Waals surface area contributed by atoms with E-state index in [9.17, 15) is 9.59 Å². The number of fused-ring (bicyclic) bond motifs is 1. The molecule has 0 aliphatic rings. The van der Waals surface area contributed by atoms with E-state index in [0.29, 0.717) is 6.54 Å². The predicted molar refractivity (Wildman–Crippen MR) is 82.4 cm³/mol. The van der Waals surface area contributed by atoms with Gasteiger partial charge in [0.1, 0.15) is 5.78 Å². The summed E-state index contributed by atoms with van der Waals surface area (Å²) in [5.41, 5.74) is 2.57. The molecule has 2 aromatic carbocycles. The van der Waals surface area contributed by atoms with E-state index in [0.717, 1.165) is 16.6 Å². The number of carbonyl (C=O) groups is 1. The molecule has 106 valence electrons. The Balaban J connectivity index is 2.16. The minimum Gasteiger partial charge on any atom is -0.298 e. The van der Waals surface area contributed by atoms with Crippen molar-refractivity contribution in [3.8, 4) is 0 Å². The van der Waals surface area contributed by atoms with Crippen LogP contribution in [0.4, 0.5) is 0 Å². The monoisotopic (exact) mass is 280 g/mol. The molecule has 0 N–H and O–H groups in total. The molecule has 0 spiro atoms. The Hall–Kier alpha value is -2.62. The van der Waals surface area contributed by atoms with E-state index >= 15 is 0 Å². The minimum absolute atomic E-state index is 0.0280. The topological polar surface area (TPSA) is 44.0 Å². The second kappa shape index (κ2) is 5.40. The van der Waals surface area contributed by atoms with Crippen molar-refractivity contribution < 1.29 is 4.79 Å². The highest BCUT2D eigenvalue weighted by Gasteiger charge is 2.13. The fraction of sp³-hybridized carbons (Fsp3) is 0.176.